The summed E-state index contributed by atoms with van der Waals surface area (Å²) in [6.07, 6.45) is 0.896. The summed E-state index contributed by atoms with van der Waals surface area (Å²) in [5, 5.41) is 0. The van der Waals surface area contributed by atoms with Crippen LogP contribution >= 0.6 is 12.4 Å². The molecule has 1 amide bonds. The van der Waals surface area contributed by atoms with E-state index >= 15 is 0 Å². The van der Waals surface area contributed by atoms with Crippen LogP contribution in [0.15, 0.2) is 0 Å². The topological polar surface area (TPSA) is 89.3 Å². The number of hydrogen-bond donors (Lipinski definition) is 2. The number of hydrogen-bond acceptors (Lipinski definition) is 4. The normalized spacial score (nSPS) is 13.0. The molecule has 11 heavy (non-hydrogen) atoms. The lowest BCUT2D eigenvalue weighted by molar-refractivity contribution is -0.120. The zero-order valence-corrected chi connectivity index (χ0v) is 7.83. The minimum absolute atomic E-state index is 0. The Morgan fingerprint density at radius 2 is 1.91 bits per heavy atom. The van der Waals surface area contributed by atoms with E-state index in [1.807, 2.05) is 0 Å². The first kappa shape index (κ1) is 13.3. The lowest BCUT2D eigenvalue weighted by Gasteiger charge is -2.03. The summed E-state index contributed by atoms with van der Waals surface area (Å²) in [6, 6.07) is -0.797. The van der Waals surface area contributed by atoms with E-state index in [0.717, 1.165) is 6.26 Å². The first-order valence-corrected chi connectivity index (χ1v) is 4.49. The first-order chi connectivity index (χ1) is 4.33. The molecule has 3 N–H and O–H groups in total. The molecule has 7 heteroatoms. The van der Waals surface area contributed by atoms with E-state index in [2.05, 4.69) is 0 Å². The molecule has 0 aliphatic carbocycles. The summed E-state index contributed by atoms with van der Waals surface area (Å²) < 4.78 is 22.4. The minimum atomic E-state index is -3.45. The molecular formula is C4H11ClN2O3S. The highest BCUT2D eigenvalue weighted by molar-refractivity contribution is 7.89. The first-order valence-electron chi connectivity index (χ1n) is 2.60. The standard InChI is InChI=1S/C4H10N2O3S.ClH/c1-3(5)4(7)6-10(2,8)9;/h3H,5H2,1-2H3,(H,6,7);1H. The maximum Gasteiger partial charge on any atom is 0.250 e. The fourth-order valence-corrected chi connectivity index (χ4v) is 0.827. The van der Waals surface area contributed by atoms with Crippen molar-refractivity contribution in [2.24, 2.45) is 5.73 Å². The van der Waals surface area contributed by atoms with Crippen LogP contribution in [0.25, 0.3) is 0 Å². The van der Waals surface area contributed by atoms with Gasteiger partial charge in [0.05, 0.1) is 12.3 Å². The van der Waals surface area contributed by atoms with Crippen LogP contribution in [0, 0.1) is 0 Å². The summed E-state index contributed by atoms with van der Waals surface area (Å²) in [4.78, 5) is 10.5. The highest BCUT2D eigenvalue weighted by atomic mass is 35.5. The van der Waals surface area contributed by atoms with Crippen molar-refractivity contribution in [3.05, 3.63) is 0 Å². The maximum absolute atomic E-state index is 10.5. The van der Waals surface area contributed by atoms with Crippen LogP contribution in [0.2, 0.25) is 0 Å². The average molecular weight is 203 g/mol. The van der Waals surface area contributed by atoms with Gasteiger partial charge in [0, 0.05) is 0 Å². The molecule has 1 unspecified atom stereocenters. The van der Waals surface area contributed by atoms with E-state index in [-0.39, 0.29) is 12.4 Å². The molecule has 0 aromatic rings. The summed E-state index contributed by atoms with van der Waals surface area (Å²) in [7, 11) is -3.45. The van der Waals surface area contributed by atoms with Crippen molar-refractivity contribution < 1.29 is 13.2 Å². The molecule has 5 nitrogen and oxygen atoms in total. The number of carbonyl (C=O) groups is 1. The monoisotopic (exact) mass is 202 g/mol. The minimum Gasteiger partial charge on any atom is -0.320 e. The van der Waals surface area contributed by atoms with Crippen molar-refractivity contribution in [2.75, 3.05) is 6.26 Å². The van der Waals surface area contributed by atoms with E-state index in [9.17, 15) is 13.2 Å². The predicted molar refractivity (Wildman–Crippen MR) is 43.9 cm³/mol. The molecule has 68 valence electrons. The van der Waals surface area contributed by atoms with Gasteiger partial charge >= 0.3 is 0 Å². The van der Waals surface area contributed by atoms with Crippen LogP contribution in [0.1, 0.15) is 6.92 Å². The lowest BCUT2D eigenvalue weighted by Crippen LogP contribution is -2.40. The second-order valence-electron chi connectivity index (χ2n) is 2.03. The predicted octanol–water partition coefficient (Wildman–Crippen LogP) is -1.17. The third-order valence-electron chi connectivity index (χ3n) is 0.700. The molecule has 0 aliphatic heterocycles. The van der Waals surface area contributed by atoms with Crippen LogP contribution in [-0.2, 0) is 14.8 Å². The molecule has 0 saturated heterocycles. The molecule has 0 spiro atoms. The quantitative estimate of drug-likeness (QED) is 0.591. The SMILES string of the molecule is CC(N)C(=O)NS(C)(=O)=O.Cl. The molecule has 0 fully saturated rings. The van der Waals surface area contributed by atoms with Crippen LogP contribution in [0.4, 0.5) is 0 Å². The smallest absolute Gasteiger partial charge is 0.250 e. The van der Waals surface area contributed by atoms with Gasteiger partial charge in [0.1, 0.15) is 0 Å². The number of carbonyl (C=O) groups excluding carboxylic acids is 1. The van der Waals surface area contributed by atoms with Gasteiger partial charge in [-0.15, -0.1) is 12.4 Å². The third-order valence-corrected chi connectivity index (χ3v) is 1.27. The Labute approximate surface area is 71.8 Å². The van der Waals surface area contributed by atoms with Gasteiger partial charge < -0.3 is 5.73 Å². The number of sulfonamides is 1. The maximum atomic E-state index is 10.5. The fraction of sp³-hybridized carbons (Fsp3) is 0.750. The number of halogens is 1. The van der Waals surface area contributed by atoms with E-state index < -0.39 is 22.0 Å². The van der Waals surface area contributed by atoms with Gasteiger partial charge in [-0.25, -0.2) is 8.42 Å². The van der Waals surface area contributed by atoms with Gasteiger partial charge in [-0.1, -0.05) is 0 Å². The molecule has 0 bridgehead atoms. The number of nitrogens with one attached hydrogen (secondary N) is 1. The molecule has 0 radical (unpaired) electrons. The van der Waals surface area contributed by atoms with Gasteiger partial charge in [-0.2, -0.15) is 0 Å². The molecular weight excluding hydrogens is 192 g/mol. The van der Waals surface area contributed by atoms with Crippen molar-refractivity contribution >= 4 is 28.3 Å². The summed E-state index contributed by atoms with van der Waals surface area (Å²) in [5.74, 6) is -0.692. The largest absolute Gasteiger partial charge is 0.320 e. The van der Waals surface area contributed by atoms with Crippen LogP contribution in [-0.4, -0.2) is 26.6 Å². The van der Waals surface area contributed by atoms with E-state index in [0.29, 0.717) is 0 Å². The van der Waals surface area contributed by atoms with Crippen molar-refractivity contribution in [3.63, 3.8) is 0 Å². The molecule has 0 heterocycles. The summed E-state index contributed by atoms with van der Waals surface area (Å²) in [6.45, 7) is 1.40. The molecule has 0 saturated carbocycles. The Bertz CT molecular complexity index is 223. The average Bonchev–Trinajstić information content (AvgIpc) is 1.60. The third kappa shape index (κ3) is 7.57. The van der Waals surface area contributed by atoms with Crippen molar-refractivity contribution in [3.8, 4) is 0 Å². The fourth-order valence-electron chi connectivity index (χ4n) is 0.276. The molecule has 1 atom stereocenters. The highest BCUT2D eigenvalue weighted by Gasteiger charge is 2.11. The van der Waals surface area contributed by atoms with Crippen LogP contribution < -0.4 is 10.5 Å². The number of rotatable bonds is 2. The Kier molecular flexibility index (Phi) is 5.46. The van der Waals surface area contributed by atoms with Crippen molar-refractivity contribution in [1.29, 1.82) is 0 Å². The van der Waals surface area contributed by atoms with Crippen LogP contribution in [0.5, 0.6) is 0 Å². The molecule has 0 aromatic carbocycles. The van der Waals surface area contributed by atoms with Gasteiger partial charge in [-0.3, -0.25) is 9.52 Å². The highest BCUT2D eigenvalue weighted by Crippen LogP contribution is 1.78. The second-order valence-corrected chi connectivity index (χ2v) is 3.78. The number of amides is 1. The Morgan fingerprint density at radius 3 is 2.00 bits per heavy atom. The van der Waals surface area contributed by atoms with Gasteiger partial charge in [0.2, 0.25) is 15.9 Å². The van der Waals surface area contributed by atoms with E-state index in [1.54, 1.807) is 4.72 Å². The number of nitrogens with two attached hydrogens (primary N) is 1. The van der Waals surface area contributed by atoms with Crippen molar-refractivity contribution in [1.82, 2.24) is 4.72 Å². The molecule has 0 aromatic heterocycles. The van der Waals surface area contributed by atoms with E-state index in [1.165, 1.54) is 6.92 Å². The zero-order valence-electron chi connectivity index (χ0n) is 6.20. The Hall–Kier alpha value is -0.330. The van der Waals surface area contributed by atoms with Gasteiger partial charge in [-0.05, 0) is 6.92 Å². The van der Waals surface area contributed by atoms with Crippen molar-refractivity contribution in [2.45, 2.75) is 13.0 Å². The Morgan fingerprint density at radius 1 is 1.55 bits per heavy atom. The summed E-state index contributed by atoms with van der Waals surface area (Å²) in [5.41, 5.74) is 5.07. The van der Waals surface area contributed by atoms with Gasteiger partial charge in [0.25, 0.3) is 0 Å². The summed E-state index contributed by atoms with van der Waals surface area (Å²) >= 11 is 0. The second kappa shape index (κ2) is 4.53. The van der Waals surface area contributed by atoms with Gasteiger partial charge in [0.15, 0.2) is 0 Å². The van der Waals surface area contributed by atoms with Crippen LogP contribution in [0.3, 0.4) is 0 Å². The lowest BCUT2D eigenvalue weighted by atomic mass is 10.4. The van der Waals surface area contributed by atoms with E-state index in [4.69, 9.17) is 5.73 Å². The zero-order chi connectivity index (χ0) is 8.36. The molecule has 0 aliphatic rings. The Balaban J connectivity index is 0. The molecule has 0 rings (SSSR count).